The van der Waals surface area contributed by atoms with Crippen LogP contribution in [0.15, 0.2) is 29.2 Å². The van der Waals surface area contributed by atoms with Crippen LogP contribution < -0.4 is 11.4 Å². The summed E-state index contributed by atoms with van der Waals surface area (Å²) in [7, 11) is -11.3. The predicted octanol–water partition coefficient (Wildman–Crippen LogP) is 7.61. The van der Waals surface area contributed by atoms with Crippen molar-refractivity contribution >= 4 is 33.4 Å². The topological polar surface area (TPSA) is 326 Å². The summed E-state index contributed by atoms with van der Waals surface area (Å²) >= 11 is 0. The molecule has 21 nitrogen and oxygen atoms in total. The molecule has 0 aliphatic carbocycles. The number of esters is 2. The van der Waals surface area contributed by atoms with Gasteiger partial charge in [-0.2, -0.15) is 9.29 Å². The molecule has 2 unspecified atom stereocenters. The Morgan fingerprint density at radius 1 is 0.808 bits per heavy atom. The number of cyclic esters (lactones) is 1. The van der Waals surface area contributed by atoms with Gasteiger partial charge in [-0.3, -0.25) is 23.2 Å². The van der Waals surface area contributed by atoms with E-state index in [1.807, 2.05) is 6.92 Å². The summed E-state index contributed by atoms with van der Waals surface area (Å²) in [5.74, 6) is -3.96. The van der Waals surface area contributed by atoms with Crippen LogP contribution in [0.25, 0.3) is 0 Å². The van der Waals surface area contributed by atoms with Gasteiger partial charge in [0.2, 0.25) is 0 Å². The van der Waals surface area contributed by atoms with Crippen LogP contribution in [0.3, 0.4) is 0 Å². The van der Waals surface area contributed by atoms with Crippen molar-refractivity contribution in [2.75, 3.05) is 25.6 Å². The molecule has 3 rings (SSSR count). The Balaban J connectivity index is 1.74. The van der Waals surface area contributed by atoms with Gasteiger partial charge < -0.3 is 55.3 Å². The van der Waals surface area contributed by atoms with E-state index in [0.717, 1.165) is 43.1 Å². The number of nitrogen functional groups attached to an aromatic ring is 1. The van der Waals surface area contributed by atoms with E-state index in [0.29, 0.717) is 44.9 Å². The van der Waals surface area contributed by atoms with Gasteiger partial charge in [-0.05, 0) is 31.7 Å². The summed E-state index contributed by atoms with van der Waals surface area (Å²) in [5, 5.41) is 57.5. The monoisotopic (exact) mass is 1080 g/mol. The van der Waals surface area contributed by atoms with Gasteiger partial charge in [0, 0.05) is 37.3 Å². The van der Waals surface area contributed by atoms with Crippen LogP contribution in [0.4, 0.5) is 5.82 Å². The van der Waals surface area contributed by atoms with Gasteiger partial charge in [0.15, 0.2) is 6.10 Å². The van der Waals surface area contributed by atoms with E-state index in [9.17, 15) is 58.8 Å². The third kappa shape index (κ3) is 26.3. The standard InChI is InChI=1S/C50H89N3O18P2/c1-3-5-7-8-9-10-11-12-13-14-15-16-17-18-23-27-45(57)66-34-38-35-67-72(62,63)71-73(64,65)68-36-43-48(60)47(59)39(30-29-37(54)25-21-6-4-2)41(55)33-42(56)40(26-22-19-20-24-28-46(58)69-38)49(70-43)53-32-31-44(51)52-50(53)61/h29-32,37-43,47-49,54-56,59-60H,3-28,33-36H2,1-2H3,(H,62,63)(H,64,65)(H2,51,52,61)/b30-29-/t37-,38+,39-,40-,41+,42-,43+,47-,48+,49+/m0/s1. The maximum Gasteiger partial charge on any atom is 0.481 e. The fourth-order valence-corrected chi connectivity index (χ4v) is 11.3. The number of carbonyl (C=O) groups excluding carboxylic acids is 2. The van der Waals surface area contributed by atoms with Gasteiger partial charge in [0.25, 0.3) is 0 Å². The Morgan fingerprint density at radius 2 is 1.38 bits per heavy atom. The molecule has 0 saturated carbocycles. The number of nitrogens with zero attached hydrogens (tertiary/aromatic N) is 2. The lowest BCUT2D eigenvalue weighted by Gasteiger charge is -2.41. The van der Waals surface area contributed by atoms with Gasteiger partial charge in [0.05, 0.1) is 37.6 Å². The predicted molar refractivity (Wildman–Crippen MR) is 272 cm³/mol. The maximum atomic E-state index is 13.4. The minimum absolute atomic E-state index is 0.0925. The highest BCUT2D eigenvalue weighted by molar-refractivity contribution is 7.61. The van der Waals surface area contributed by atoms with Crippen molar-refractivity contribution in [2.24, 2.45) is 11.8 Å². The minimum atomic E-state index is -5.69. The Kier molecular flexibility index (Phi) is 31.6. The van der Waals surface area contributed by atoms with E-state index >= 15 is 0 Å². The summed E-state index contributed by atoms with van der Waals surface area (Å²) in [6.07, 6.45) is 12.3. The van der Waals surface area contributed by atoms with Crippen LogP contribution in [0, 0.1) is 11.8 Å². The second-order valence-electron chi connectivity index (χ2n) is 19.7. The van der Waals surface area contributed by atoms with Crippen molar-refractivity contribution < 1.29 is 81.6 Å². The number of hydrogen-bond acceptors (Lipinski definition) is 18. The lowest BCUT2D eigenvalue weighted by Crippen LogP contribution is -2.52. The number of phosphoric ester groups is 2. The Bertz CT molecular complexity index is 1890. The number of rotatable bonds is 25. The molecule has 3 heterocycles. The van der Waals surface area contributed by atoms with Crippen LogP contribution in [0.2, 0.25) is 0 Å². The Hall–Kier alpha value is -2.62. The average Bonchev–Trinajstić information content (AvgIpc) is 3.33. The SMILES string of the molecule is CCCCCCCCCCCCCCCCCC(=O)OC[C@@H]1COP(=O)(O)OP(=O)(O)OC[C@H]2O[C@@H](n3ccc(N)nc3=O)[C@@H](CCCCCCC(=O)O1)[C@@H](O)C[C@@H](O)[C@H](/C=C\[C@@H](O)CCCCC)[C@H](O)[C@@H]2O. The molecule has 2 saturated heterocycles. The molecule has 23 heteroatoms. The van der Waals surface area contributed by atoms with Crippen molar-refractivity contribution in [3.8, 4) is 0 Å². The summed E-state index contributed by atoms with van der Waals surface area (Å²) in [6.45, 7) is 1.57. The Morgan fingerprint density at radius 3 is 2.00 bits per heavy atom. The number of aliphatic hydroxyl groups excluding tert-OH is 5. The average molecular weight is 1080 g/mol. The molecule has 0 amide bonds. The number of nitrogens with two attached hydrogens (primary N) is 1. The van der Waals surface area contributed by atoms with Crippen LogP contribution in [-0.2, 0) is 46.3 Å². The molecule has 9 N–H and O–H groups in total. The van der Waals surface area contributed by atoms with Crippen LogP contribution in [-0.4, -0.2) is 119 Å². The number of aliphatic hydroxyl groups is 5. The maximum absolute atomic E-state index is 13.4. The number of fused-ring (bicyclic) bond motifs is 3. The molecule has 0 aromatic carbocycles. The van der Waals surface area contributed by atoms with Gasteiger partial charge in [0.1, 0.15) is 30.9 Å². The van der Waals surface area contributed by atoms with Crippen LogP contribution in [0.1, 0.15) is 193 Å². The van der Waals surface area contributed by atoms with Crippen molar-refractivity contribution in [1.82, 2.24) is 9.55 Å². The van der Waals surface area contributed by atoms with Gasteiger partial charge in [-0.25, -0.2) is 13.9 Å². The number of anilines is 1. The summed E-state index contributed by atoms with van der Waals surface area (Å²) in [5.41, 5.74) is 4.81. The second kappa shape index (κ2) is 35.7. The number of unbranched alkanes of at least 4 members (excludes halogenated alkanes) is 16. The highest BCUT2D eigenvalue weighted by Crippen LogP contribution is 2.60. The zero-order valence-electron chi connectivity index (χ0n) is 43.3. The van der Waals surface area contributed by atoms with Crippen LogP contribution >= 0.6 is 15.6 Å². The van der Waals surface area contributed by atoms with Crippen molar-refractivity contribution in [2.45, 2.75) is 236 Å². The highest BCUT2D eigenvalue weighted by Gasteiger charge is 2.45. The number of ether oxygens (including phenoxy) is 3. The fraction of sp³-hybridized carbons (Fsp3) is 0.840. The molecule has 12 atom stereocenters. The first-order valence-electron chi connectivity index (χ1n) is 27.0. The first-order chi connectivity index (χ1) is 34.9. The zero-order chi connectivity index (χ0) is 53.7. The first kappa shape index (κ1) is 64.7. The second-order valence-corrected chi connectivity index (χ2v) is 22.7. The molecule has 422 valence electrons. The van der Waals surface area contributed by atoms with E-state index in [1.54, 1.807) is 0 Å². The quantitative estimate of drug-likeness (QED) is 0.0202. The number of aromatic nitrogens is 2. The van der Waals surface area contributed by atoms with E-state index in [-0.39, 0.29) is 25.1 Å². The summed E-state index contributed by atoms with van der Waals surface area (Å²) in [4.78, 5) is 64.2. The molecule has 0 radical (unpaired) electrons. The van der Waals surface area contributed by atoms with Gasteiger partial charge >= 0.3 is 33.3 Å². The largest absolute Gasteiger partial charge is 0.481 e. The molecule has 1 aromatic heterocycles. The van der Waals surface area contributed by atoms with E-state index < -0.39 is 120 Å². The van der Waals surface area contributed by atoms with E-state index in [4.69, 9.17) is 29.0 Å². The number of hydrogen-bond donors (Lipinski definition) is 8. The summed E-state index contributed by atoms with van der Waals surface area (Å²) < 4.78 is 59.2. The first-order valence-corrected chi connectivity index (χ1v) is 29.9. The molecule has 2 fully saturated rings. The third-order valence-corrected chi connectivity index (χ3v) is 16.0. The molecule has 2 aliphatic heterocycles. The molecule has 73 heavy (non-hydrogen) atoms. The third-order valence-electron chi connectivity index (χ3n) is 13.4. The number of carbonyl (C=O) groups is 2. The lowest BCUT2D eigenvalue weighted by molar-refractivity contribution is -0.195. The molecule has 2 bridgehead atoms. The normalized spacial score (nSPS) is 30.2. The minimum Gasteiger partial charge on any atom is -0.462 e. The van der Waals surface area contributed by atoms with Crippen LogP contribution in [0.5, 0.6) is 0 Å². The lowest BCUT2D eigenvalue weighted by atomic mass is 9.82. The van der Waals surface area contributed by atoms with Crippen molar-refractivity contribution in [1.29, 1.82) is 0 Å². The molecule has 2 aliphatic rings. The zero-order valence-corrected chi connectivity index (χ0v) is 45.1. The highest BCUT2D eigenvalue weighted by atomic mass is 31.3. The fourth-order valence-electron chi connectivity index (χ4n) is 9.15. The Labute approximate surface area is 431 Å². The summed E-state index contributed by atoms with van der Waals surface area (Å²) in [6, 6.07) is 1.26. The molecular formula is C50H89N3O18P2. The van der Waals surface area contributed by atoms with Crippen molar-refractivity contribution in [3.05, 3.63) is 34.9 Å². The smallest absolute Gasteiger partial charge is 0.462 e. The van der Waals surface area contributed by atoms with Crippen molar-refractivity contribution in [3.63, 3.8) is 0 Å². The molecule has 0 spiro atoms. The molecular weight excluding hydrogens is 993 g/mol. The van der Waals surface area contributed by atoms with Gasteiger partial charge in [-0.1, -0.05) is 154 Å². The van der Waals surface area contributed by atoms with E-state index in [1.165, 1.54) is 88.6 Å². The number of phosphoric acid groups is 2. The van der Waals surface area contributed by atoms with E-state index in [2.05, 4.69) is 16.2 Å². The van der Waals surface area contributed by atoms with Gasteiger partial charge in [-0.15, -0.1) is 0 Å². The molecule has 1 aromatic rings.